The largest absolute Gasteiger partial charge is 0.454 e. The number of nitrogens with zero attached hydrogens (tertiary/aromatic N) is 3. The van der Waals surface area contributed by atoms with E-state index in [9.17, 15) is 4.79 Å². The average molecular weight is 295 g/mol. The number of hydrogen-bond acceptors (Lipinski definition) is 5. The Bertz CT molecular complexity index is 875. The van der Waals surface area contributed by atoms with Gasteiger partial charge in [-0.3, -0.25) is 4.79 Å². The van der Waals surface area contributed by atoms with Crippen molar-refractivity contribution in [2.45, 2.75) is 13.8 Å². The first-order valence-electron chi connectivity index (χ1n) is 6.67. The molecule has 1 aliphatic rings. The van der Waals surface area contributed by atoms with E-state index in [1.54, 1.807) is 38.3 Å². The molecule has 0 atom stereocenters. The number of nitriles is 1. The predicted molar refractivity (Wildman–Crippen MR) is 80.4 cm³/mol. The SMILES string of the molecule is Cc1cc(C)n(/N=C\c2ccc3c(c2)OCO3)c(=O)c1C#N. The zero-order valence-electron chi connectivity index (χ0n) is 12.2. The van der Waals surface area contributed by atoms with E-state index >= 15 is 0 Å². The molecule has 0 aliphatic carbocycles. The van der Waals surface area contributed by atoms with Crippen LogP contribution in [0.4, 0.5) is 0 Å². The standard InChI is InChI=1S/C16H13N3O3/c1-10-5-11(2)19(16(20)13(10)7-17)18-8-12-3-4-14-15(6-12)22-9-21-14/h3-6,8H,9H2,1-2H3/b18-8-. The predicted octanol–water partition coefficient (Wildman–Crippen LogP) is 1.95. The molecule has 0 saturated carbocycles. The summed E-state index contributed by atoms with van der Waals surface area (Å²) in [7, 11) is 0. The monoisotopic (exact) mass is 295 g/mol. The second-order valence-electron chi connectivity index (χ2n) is 4.93. The van der Waals surface area contributed by atoms with Gasteiger partial charge in [0.2, 0.25) is 6.79 Å². The second-order valence-corrected chi connectivity index (χ2v) is 4.93. The van der Waals surface area contributed by atoms with Crippen LogP contribution in [0, 0.1) is 25.2 Å². The quantitative estimate of drug-likeness (QED) is 0.793. The van der Waals surface area contributed by atoms with Crippen LogP contribution in [0.15, 0.2) is 34.2 Å². The molecule has 22 heavy (non-hydrogen) atoms. The molecule has 1 aromatic carbocycles. The summed E-state index contributed by atoms with van der Waals surface area (Å²) in [5, 5.41) is 13.2. The molecule has 0 unspecified atom stereocenters. The second kappa shape index (κ2) is 5.37. The fourth-order valence-electron chi connectivity index (χ4n) is 2.28. The minimum absolute atomic E-state index is 0.105. The van der Waals surface area contributed by atoms with Crippen molar-refractivity contribution < 1.29 is 9.47 Å². The van der Waals surface area contributed by atoms with Crippen LogP contribution < -0.4 is 15.0 Å². The van der Waals surface area contributed by atoms with Crippen LogP contribution in [-0.4, -0.2) is 17.7 Å². The lowest BCUT2D eigenvalue weighted by Crippen LogP contribution is -2.22. The highest BCUT2D eigenvalue weighted by atomic mass is 16.7. The molecular weight excluding hydrogens is 282 g/mol. The van der Waals surface area contributed by atoms with Gasteiger partial charge >= 0.3 is 0 Å². The fourth-order valence-corrected chi connectivity index (χ4v) is 2.28. The Morgan fingerprint density at radius 2 is 2.05 bits per heavy atom. The lowest BCUT2D eigenvalue weighted by Gasteiger charge is -2.06. The van der Waals surface area contributed by atoms with Gasteiger partial charge in [0.1, 0.15) is 11.6 Å². The third-order valence-corrected chi connectivity index (χ3v) is 3.39. The molecular formula is C16H13N3O3. The van der Waals surface area contributed by atoms with Crippen molar-refractivity contribution in [1.29, 1.82) is 5.26 Å². The average Bonchev–Trinajstić information content (AvgIpc) is 2.94. The Balaban J connectivity index is 2.00. The van der Waals surface area contributed by atoms with Crippen LogP contribution in [0.1, 0.15) is 22.4 Å². The lowest BCUT2D eigenvalue weighted by molar-refractivity contribution is 0.174. The maximum absolute atomic E-state index is 12.2. The number of fused-ring (bicyclic) bond motifs is 1. The molecule has 0 saturated heterocycles. The molecule has 2 heterocycles. The summed E-state index contributed by atoms with van der Waals surface area (Å²) in [5.74, 6) is 1.34. The van der Waals surface area contributed by atoms with Crippen LogP contribution in [0.25, 0.3) is 0 Å². The highest BCUT2D eigenvalue weighted by molar-refractivity contribution is 5.81. The zero-order valence-corrected chi connectivity index (χ0v) is 12.2. The van der Waals surface area contributed by atoms with Gasteiger partial charge in [0, 0.05) is 5.69 Å². The summed E-state index contributed by atoms with van der Waals surface area (Å²) < 4.78 is 11.8. The number of rotatable bonds is 2. The van der Waals surface area contributed by atoms with Gasteiger partial charge in [-0.25, -0.2) is 4.68 Å². The van der Waals surface area contributed by atoms with E-state index < -0.39 is 5.56 Å². The number of hydrogen-bond donors (Lipinski definition) is 0. The van der Waals surface area contributed by atoms with Crippen LogP contribution in [-0.2, 0) is 0 Å². The van der Waals surface area contributed by atoms with Gasteiger partial charge in [0.25, 0.3) is 5.56 Å². The number of pyridine rings is 1. The van der Waals surface area contributed by atoms with Crippen molar-refractivity contribution in [2.24, 2.45) is 5.10 Å². The molecule has 1 aliphatic heterocycles. The first-order chi connectivity index (χ1) is 10.6. The molecule has 110 valence electrons. The molecule has 0 fully saturated rings. The molecule has 2 aromatic rings. The zero-order chi connectivity index (χ0) is 15.7. The number of benzene rings is 1. The maximum Gasteiger partial charge on any atom is 0.289 e. The minimum atomic E-state index is -0.419. The molecule has 0 amide bonds. The van der Waals surface area contributed by atoms with Crippen molar-refractivity contribution in [2.75, 3.05) is 6.79 Å². The smallest absolute Gasteiger partial charge is 0.289 e. The number of aryl methyl sites for hydroxylation is 2. The molecule has 6 heteroatoms. The minimum Gasteiger partial charge on any atom is -0.454 e. The summed E-state index contributed by atoms with van der Waals surface area (Å²) in [5.41, 5.74) is 1.78. The highest BCUT2D eigenvalue weighted by Crippen LogP contribution is 2.31. The Morgan fingerprint density at radius 3 is 2.82 bits per heavy atom. The van der Waals surface area contributed by atoms with E-state index in [2.05, 4.69) is 5.10 Å². The first kappa shape index (κ1) is 13.9. The highest BCUT2D eigenvalue weighted by Gasteiger charge is 2.13. The number of aromatic nitrogens is 1. The maximum atomic E-state index is 12.2. The van der Waals surface area contributed by atoms with Gasteiger partial charge in [0.15, 0.2) is 11.5 Å². The van der Waals surface area contributed by atoms with E-state index in [1.165, 1.54) is 4.68 Å². The topological polar surface area (TPSA) is 76.6 Å². The van der Waals surface area contributed by atoms with Crippen molar-refractivity contribution >= 4 is 6.21 Å². The molecule has 1 aromatic heterocycles. The Kier molecular flexibility index (Phi) is 3.39. The number of ether oxygens (including phenoxy) is 2. The van der Waals surface area contributed by atoms with Gasteiger partial charge in [-0.05, 0) is 49.2 Å². The van der Waals surface area contributed by atoms with Crippen molar-refractivity contribution in [3.8, 4) is 17.6 Å². The van der Waals surface area contributed by atoms with Crippen LogP contribution in [0.5, 0.6) is 11.5 Å². The van der Waals surface area contributed by atoms with Crippen LogP contribution in [0.2, 0.25) is 0 Å². The third kappa shape index (κ3) is 2.33. The summed E-state index contributed by atoms with van der Waals surface area (Å²) in [6.45, 7) is 3.71. The molecule has 3 rings (SSSR count). The van der Waals surface area contributed by atoms with E-state index in [4.69, 9.17) is 14.7 Å². The van der Waals surface area contributed by atoms with Crippen LogP contribution in [0.3, 0.4) is 0 Å². The van der Waals surface area contributed by atoms with Gasteiger partial charge in [0.05, 0.1) is 6.21 Å². The van der Waals surface area contributed by atoms with Crippen molar-refractivity contribution in [3.63, 3.8) is 0 Å². The molecule has 6 nitrogen and oxygen atoms in total. The van der Waals surface area contributed by atoms with Crippen molar-refractivity contribution in [3.05, 3.63) is 57.0 Å². The summed E-state index contributed by atoms with van der Waals surface area (Å²) in [6.07, 6.45) is 1.55. The molecule has 0 spiro atoms. The summed E-state index contributed by atoms with van der Waals surface area (Å²) in [4.78, 5) is 12.2. The van der Waals surface area contributed by atoms with Gasteiger partial charge in [-0.1, -0.05) is 0 Å². The Labute approximate surface area is 126 Å². The first-order valence-corrected chi connectivity index (χ1v) is 6.67. The Hall–Kier alpha value is -3.07. The third-order valence-electron chi connectivity index (χ3n) is 3.39. The Morgan fingerprint density at radius 1 is 1.27 bits per heavy atom. The van der Waals surface area contributed by atoms with Gasteiger partial charge in [-0.2, -0.15) is 10.4 Å². The van der Waals surface area contributed by atoms with E-state index in [0.29, 0.717) is 22.8 Å². The molecule has 0 radical (unpaired) electrons. The van der Waals surface area contributed by atoms with Gasteiger partial charge in [-0.15, -0.1) is 0 Å². The van der Waals surface area contributed by atoms with Crippen LogP contribution >= 0.6 is 0 Å². The fraction of sp³-hybridized carbons (Fsp3) is 0.188. The van der Waals surface area contributed by atoms with E-state index in [1.807, 2.05) is 12.1 Å². The van der Waals surface area contributed by atoms with E-state index in [-0.39, 0.29) is 12.4 Å². The molecule has 0 N–H and O–H groups in total. The lowest BCUT2D eigenvalue weighted by atomic mass is 10.1. The van der Waals surface area contributed by atoms with Gasteiger partial charge < -0.3 is 9.47 Å². The summed E-state index contributed by atoms with van der Waals surface area (Å²) >= 11 is 0. The van der Waals surface area contributed by atoms with Crippen molar-refractivity contribution in [1.82, 2.24) is 4.68 Å². The van der Waals surface area contributed by atoms with E-state index in [0.717, 1.165) is 5.56 Å². The molecule has 0 bridgehead atoms. The normalized spacial score (nSPS) is 12.6. The summed E-state index contributed by atoms with van der Waals surface area (Å²) in [6, 6.07) is 9.07.